The molecule has 1 atom stereocenters. The number of benzene rings is 2. The maximum atomic E-state index is 12.5. The number of rotatable bonds is 7. The summed E-state index contributed by atoms with van der Waals surface area (Å²) in [7, 11) is 0. The Morgan fingerprint density at radius 3 is 2.04 bits per heavy atom. The molecule has 0 amide bonds. The SMILES string of the molecule is C=C(C)C(=O)OCC(OC(=O)c1ccc(C(=C)C)cc1)c1ccccc1. The number of hydrogen-bond donors (Lipinski definition) is 0. The predicted molar refractivity (Wildman–Crippen MR) is 102 cm³/mol. The first-order valence-electron chi connectivity index (χ1n) is 8.23. The van der Waals surface area contributed by atoms with E-state index >= 15 is 0 Å². The lowest BCUT2D eigenvalue weighted by molar-refractivity contribution is -0.142. The zero-order chi connectivity index (χ0) is 19.1. The Balaban J connectivity index is 2.14. The molecule has 2 aromatic rings. The number of carbonyl (C=O) groups excluding carboxylic acids is 2. The van der Waals surface area contributed by atoms with Crippen LogP contribution in [0, 0.1) is 0 Å². The fourth-order valence-corrected chi connectivity index (χ4v) is 2.23. The maximum Gasteiger partial charge on any atom is 0.338 e. The quantitative estimate of drug-likeness (QED) is 0.535. The summed E-state index contributed by atoms with van der Waals surface area (Å²) in [5, 5.41) is 0. The van der Waals surface area contributed by atoms with Crippen molar-refractivity contribution in [2.45, 2.75) is 20.0 Å². The molecule has 4 heteroatoms. The number of hydrogen-bond acceptors (Lipinski definition) is 4. The molecule has 1 unspecified atom stereocenters. The molecule has 0 saturated heterocycles. The van der Waals surface area contributed by atoms with Gasteiger partial charge < -0.3 is 9.47 Å². The molecule has 0 spiro atoms. The van der Waals surface area contributed by atoms with Gasteiger partial charge in [-0.05, 0) is 37.1 Å². The van der Waals surface area contributed by atoms with E-state index in [9.17, 15) is 9.59 Å². The molecule has 26 heavy (non-hydrogen) atoms. The van der Waals surface area contributed by atoms with Crippen LogP contribution in [0.2, 0.25) is 0 Å². The lowest BCUT2D eigenvalue weighted by atomic mass is 10.1. The molecule has 0 fully saturated rings. The van der Waals surface area contributed by atoms with Gasteiger partial charge in [0.15, 0.2) is 6.10 Å². The molecule has 0 aliphatic heterocycles. The highest BCUT2D eigenvalue weighted by Gasteiger charge is 2.20. The van der Waals surface area contributed by atoms with Crippen LogP contribution < -0.4 is 0 Å². The smallest absolute Gasteiger partial charge is 0.338 e. The van der Waals surface area contributed by atoms with Crippen molar-refractivity contribution in [3.05, 3.63) is 90.0 Å². The van der Waals surface area contributed by atoms with Gasteiger partial charge in [-0.25, -0.2) is 9.59 Å². The summed E-state index contributed by atoms with van der Waals surface area (Å²) >= 11 is 0. The summed E-state index contributed by atoms with van der Waals surface area (Å²) in [6, 6.07) is 16.2. The van der Waals surface area contributed by atoms with Crippen molar-refractivity contribution < 1.29 is 19.1 Å². The molecule has 134 valence electrons. The van der Waals surface area contributed by atoms with E-state index in [4.69, 9.17) is 9.47 Å². The van der Waals surface area contributed by atoms with E-state index in [1.165, 1.54) is 0 Å². The van der Waals surface area contributed by atoms with Gasteiger partial charge >= 0.3 is 11.9 Å². The molecule has 2 rings (SSSR count). The molecule has 0 radical (unpaired) electrons. The van der Waals surface area contributed by atoms with Gasteiger partial charge in [-0.15, -0.1) is 0 Å². The van der Waals surface area contributed by atoms with E-state index < -0.39 is 18.0 Å². The minimum absolute atomic E-state index is 0.0781. The second-order valence-corrected chi connectivity index (χ2v) is 6.04. The molecule has 0 N–H and O–H groups in total. The van der Waals surface area contributed by atoms with E-state index in [0.29, 0.717) is 11.1 Å². The third-order valence-electron chi connectivity index (χ3n) is 3.75. The fraction of sp³-hybridized carbons (Fsp3) is 0.182. The Hall–Kier alpha value is -3.14. The van der Waals surface area contributed by atoms with E-state index in [0.717, 1.165) is 16.7 Å². The van der Waals surface area contributed by atoms with Crippen LogP contribution in [0.1, 0.15) is 41.4 Å². The van der Waals surface area contributed by atoms with Crippen molar-refractivity contribution in [2.75, 3.05) is 6.61 Å². The Bertz CT molecular complexity index is 804. The fourth-order valence-electron chi connectivity index (χ4n) is 2.23. The van der Waals surface area contributed by atoms with Gasteiger partial charge in [0, 0.05) is 5.57 Å². The number of esters is 2. The van der Waals surface area contributed by atoms with Gasteiger partial charge in [-0.1, -0.05) is 61.2 Å². The van der Waals surface area contributed by atoms with Gasteiger partial charge in [0.2, 0.25) is 0 Å². The molecule has 4 nitrogen and oxygen atoms in total. The van der Waals surface area contributed by atoms with Crippen molar-refractivity contribution in [1.29, 1.82) is 0 Å². The van der Waals surface area contributed by atoms with E-state index in [1.807, 2.05) is 49.4 Å². The third kappa shape index (κ3) is 5.18. The van der Waals surface area contributed by atoms with E-state index in [2.05, 4.69) is 13.2 Å². The largest absolute Gasteiger partial charge is 0.458 e. The van der Waals surface area contributed by atoms with Gasteiger partial charge in [0.25, 0.3) is 0 Å². The number of ether oxygens (including phenoxy) is 2. The van der Waals surface area contributed by atoms with Crippen molar-refractivity contribution in [2.24, 2.45) is 0 Å². The summed E-state index contributed by atoms with van der Waals surface area (Å²) in [5.41, 5.74) is 3.32. The van der Waals surface area contributed by atoms with Crippen LogP contribution >= 0.6 is 0 Å². The molecule has 0 aliphatic rings. The molecule has 0 heterocycles. The van der Waals surface area contributed by atoms with E-state index in [-0.39, 0.29) is 6.61 Å². The van der Waals surface area contributed by atoms with Crippen LogP contribution in [0.15, 0.2) is 73.3 Å². The normalized spacial score (nSPS) is 11.3. The molecule has 0 aromatic heterocycles. The van der Waals surface area contributed by atoms with Crippen molar-refractivity contribution in [3.8, 4) is 0 Å². The first-order chi connectivity index (χ1) is 12.4. The summed E-state index contributed by atoms with van der Waals surface area (Å²) in [4.78, 5) is 24.2. The Kier molecular flexibility index (Phi) is 6.50. The number of allylic oxidation sites excluding steroid dienone is 1. The lowest BCUT2D eigenvalue weighted by Crippen LogP contribution is -2.19. The Morgan fingerprint density at radius 1 is 0.923 bits per heavy atom. The van der Waals surface area contributed by atoms with Gasteiger partial charge in [-0.3, -0.25) is 0 Å². The van der Waals surface area contributed by atoms with Crippen LogP contribution in [0.3, 0.4) is 0 Å². The van der Waals surface area contributed by atoms with Crippen molar-refractivity contribution in [1.82, 2.24) is 0 Å². The van der Waals surface area contributed by atoms with E-state index in [1.54, 1.807) is 19.1 Å². The summed E-state index contributed by atoms with van der Waals surface area (Å²) in [6.07, 6.45) is -0.701. The zero-order valence-electron chi connectivity index (χ0n) is 15.0. The van der Waals surface area contributed by atoms with Crippen LogP contribution in [0.4, 0.5) is 0 Å². The molecular formula is C22H22O4. The highest BCUT2D eigenvalue weighted by atomic mass is 16.6. The average molecular weight is 350 g/mol. The van der Waals surface area contributed by atoms with Gasteiger partial charge in [-0.2, -0.15) is 0 Å². The maximum absolute atomic E-state index is 12.5. The highest BCUT2D eigenvalue weighted by Crippen LogP contribution is 2.21. The van der Waals surface area contributed by atoms with Crippen LogP contribution in [-0.2, 0) is 14.3 Å². The van der Waals surface area contributed by atoms with Crippen LogP contribution in [0.25, 0.3) is 5.57 Å². The highest BCUT2D eigenvalue weighted by molar-refractivity contribution is 5.90. The second-order valence-electron chi connectivity index (χ2n) is 6.04. The molecule has 0 bridgehead atoms. The molecule has 0 saturated carbocycles. The van der Waals surface area contributed by atoms with Crippen LogP contribution in [-0.4, -0.2) is 18.5 Å². The van der Waals surface area contributed by atoms with Crippen molar-refractivity contribution in [3.63, 3.8) is 0 Å². The third-order valence-corrected chi connectivity index (χ3v) is 3.75. The Labute approximate surface area is 153 Å². The van der Waals surface area contributed by atoms with Gasteiger partial charge in [0.1, 0.15) is 6.61 Å². The monoisotopic (exact) mass is 350 g/mol. The minimum atomic E-state index is -0.701. The van der Waals surface area contributed by atoms with Gasteiger partial charge in [0.05, 0.1) is 5.56 Å². The first kappa shape index (κ1) is 19.2. The topological polar surface area (TPSA) is 52.6 Å². The zero-order valence-corrected chi connectivity index (χ0v) is 15.0. The molecular weight excluding hydrogens is 328 g/mol. The molecule has 0 aliphatic carbocycles. The Morgan fingerprint density at radius 2 is 1.50 bits per heavy atom. The minimum Gasteiger partial charge on any atom is -0.458 e. The molecule has 2 aromatic carbocycles. The standard InChI is InChI=1S/C22H22O4/c1-15(2)17-10-12-19(13-11-17)22(24)26-20(14-25-21(23)16(3)4)18-8-6-5-7-9-18/h5-13,20H,1,3,14H2,2,4H3. The average Bonchev–Trinajstić information content (AvgIpc) is 2.65. The van der Waals surface area contributed by atoms with Crippen molar-refractivity contribution >= 4 is 17.5 Å². The lowest BCUT2D eigenvalue weighted by Gasteiger charge is -2.18. The number of carbonyl (C=O) groups is 2. The second kappa shape index (κ2) is 8.81. The summed E-state index contributed by atoms with van der Waals surface area (Å²) in [6.45, 7) is 10.8. The first-order valence-corrected chi connectivity index (χ1v) is 8.23. The summed E-state index contributed by atoms with van der Waals surface area (Å²) < 4.78 is 10.8. The van der Waals surface area contributed by atoms with Crippen LogP contribution in [0.5, 0.6) is 0 Å². The summed E-state index contributed by atoms with van der Waals surface area (Å²) in [5.74, 6) is -1.01. The predicted octanol–water partition coefficient (Wildman–Crippen LogP) is 4.74.